The van der Waals surface area contributed by atoms with E-state index in [1.807, 2.05) is 6.07 Å². The van der Waals surface area contributed by atoms with Crippen LogP contribution in [0.4, 0.5) is 0 Å². The lowest BCUT2D eigenvalue weighted by Gasteiger charge is -2.20. The summed E-state index contributed by atoms with van der Waals surface area (Å²) in [5.41, 5.74) is 2.15. The predicted molar refractivity (Wildman–Crippen MR) is 64.2 cm³/mol. The minimum atomic E-state index is -0.0552. The molecule has 82 valence electrons. The Labute approximate surface area is 101 Å². The van der Waals surface area contributed by atoms with Gasteiger partial charge in [-0.25, -0.2) is 0 Å². The number of halogens is 1. The highest BCUT2D eigenvalue weighted by Gasteiger charge is 2.17. The molecule has 0 fully saturated rings. The SMILES string of the molecule is CC(C)(C)c1cc(C#N)c(Cl)c(CC#N)c1. The molecule has 0 N–H and O–H groups in total. The average Bonchev–Trinajstić information content (AvgIpc) is 2.19. The van der Waals surface area contributed by atoms with Crippen LogP contribution in [0.5, 0.6) is 0 Å². The van der Waals surface area contributed by atoms with Crippen molar-refractivity contribution in [1.29, 1.82) is 10.5 Å². The Morgan fingerprint density at radius 3 is 2.31 bits per heavy atom. The highest BCUT2D eigenvalue weighted by atomic mass is 35.5. The van der Waals surface area contributed by atoms with Crippen LogP contribution in [-0.2, 0) is 11.8 Å². The van der Waals surface area contributed by atoms with Crippen molar-refractivity contribution < 1.29 is 0 Å². The van der Waals surface area contributed by atoms with Gasteiger partial charge < -0.3 is 0 Å². The first-order valence-corrected chi connectivity index (χ1v) is 5.38. The number of rotatable bonds is 1. The molecule has 0 bridgehead atoms. The van der Waals surface area contributed by atoms with Gasteiger partial charge in [0.1, 0.15) is 6.07 Å². The Kier molecular flexibility index (Phi) is 3.58. The summed E-state index contributed by atoms with van der Waals surface area (Å²) in [7, 11) is 0. The number of nitrogens with zero attached hydrogens (tertiary/aromatic N) is 2. The average molecular weight is 233 g/mol. The summed E-state index contributed by atoms with van der Waals surface area (Å²) in [6.07, 6.45) is 0.234. The highest BCUT2D eigenvalue weighted by Crippen LogP contribution is 2.29. The number of nitriles is 2. The third-order valence-corrected chi connectivity index (χ3v) is 2.85. The molecule has 0 radical (unpaired) electrons. The summed E-state index contributed by atoms with van der Waals surface area (Å²) < 4.78 is 0. The first-order valence-electron chi connectivity index (χ1n) is 5.00. The molecule has 16 heavy (non-hydrogen) atoms. The fraction of sp³-hybridized carbons (Fsp3) is 0.385. The number of hydrogen-bond donors (Lipinski definition) is 0. The number of benzene rings is 1. The van der Waals surface area contributed by atoms with Crippen LogP contribution in [0.3, 0.4) is 0 Å². The Bertz CT molecular complexity index is 484. The molecule has 0 aliphatic heterocycles. The summed E-state index contributed by atoms with van der Waals surface area (Å²) in [6.45, 7) is 6.19. The highest BCUT2D eigenvalue weighted by molar-refractivity contribution is 6.32. The van der Waals surface area contributed by atoms with E-state index >= 15 is 0 Å². The second-order valence-corrected chi connectivity index (χ2v) is 5.07. The summed E-state index contributed by atoms with van der Waals surface area (Å²) in [4.78, 5) is 0. The first-order chi connectivity index (χ1) is 7.40. The lowest BCUT2D eigenvalue weighted by Crippen LogP contribution is -2.12. The summed E-state index contributed by atoms with van der Waals surface area (Å²) >= 11 is 6.04. The molecule has 3 heteroatoms. The van der Waals surface area contributed by atoms with Gasteiger partial charge in [0, 0.05) is 0 Å². The molecule has 0 unspecified atom stereocenters. The van der Waals surface area contributed by atoms with Gasteiger partial charge in [-0.2, -0.15) is 10.5 Å². The van der Waals surface area contributed by atoms with Gasteiger partial charge in [-0.05, 0) is 22.6 Å². The molecule has 0 amide bonds. The van der Waals surface area contributed by atoms with Gasteiger partial charge in [0.25, 0.3) is 0 Å². The molecule has 0 saturated heterocycles. The van der Waals surface area contributed by atoms with Crippen molar-refractivity contribution in [3.05, 3.63) is 33.8 Å². The second kappa shape index (κ2) is 4.56. The van der Waals surface area contributed by atoms with E-state index in [-0.39, 0.29) is 11.8 Å². The van der Waals surface area contributed by atoms with E-state index in [4.69, 9.17) is 22.1 Å². The molecule has 0 aliphatic carbocycles. The molecule has 0 spiro atoms. The first kappa shape index (κ1) is 12.6. The molecule has 0 saturated carbocycles. The molecule has 2 nitrogen and oxygen atoms in total. The van der Waals surface area contributed by atoms with Crippen LogP contribution in [-0.4, -0.2) is 0 Å². The monoisotopic (exact) mass is 232 g/mol. The topological polar surface area (TPSA) is 47.6 Å². The van der Waals surface area contributed by atoms with Crippen LogP contribution >= 0.6 is 11.6 Å². The minimum Gasteiger partial charge on any atom is -0.198 e. The molecular formula is C13H13ClN2. The second-order valence-electron chi connectivity index (χ2n) is 4.69. The fourth-order valence-corrected chi connectivity index (χ4v) is 1.63. The van der Waals surface area contributed by atoms with E-state index in [1.54, 1.807) is 6.07 Å². The van der Waals surface area contributed by atoms with Gasteiger partial charge >= 0.3 is 0 Å². The van der Waals surface area contributed by atoms with Crippen LogP contribution in [0.2, 0.25) is 5.02 Å². The summed E-state index contributed by atoms with van der Waals surface area (Å²) in [6, 6.07) is 7.83. The van der Waals surface area contributed by atoms with Gasteiger partial charge in [-0.15, -0.1) is 0 Å². The van der Waals surface area contributed by atoms with Gasteiger partial charge in [0.05, 0.1) is 23.1 Å². The smallest absolute Gasteiger partial charge is 0.101 e. The van der Waals surface area contributed by atoms with Crippen molar-refractivity contribution in [2.24, 2.45) is 0 Å². The van der Waals surface area contributed by atoms with Gasteiger partial charge in [-0.1, -0.05) is 38.4 Å². The Balaban J connectivity index is 3.43. The fourth-order valence-electron chi connectivity index (χ4n) is 1.41. The van der Waals surface area contributed by atoms with E-state index in [1.165, 1.54) is 0 Å². The lowest BCUT2D eigenvalue weighted by atomic mass is 9.85. The van der Waals surface area contributed by atoms with Gasteiger partial charge in [0.15, 0.2) is 0 Å². The van der Waals surface area contributed by atoms with Crippen molar-refractivity contribution in [2.45, 2.75) is 32.6 Å². The maximum atomic E-state index is 8.98. The van der Waals surface area contributed by atoms with Crippen LogP contribution in [0, 0.1) is 22.7 Å². The Morgan fingerprint density at radius 1 is 1.25 bits per heavy atom. The van der Waals surface area contributed by atoms with Crippen molar-refractivity contribution in [1.82, 2.24) is 0 Å². The van der Waals surface area contributed by atoms with E-state index in [0.29, 0.717) is 10.6 Å². The van der Waals surface area contributed by atoms with Crippen molar-refractivity contribution in [3.63, 3.8) is 0 Å². The zero-order valence-corrected chi connectivity index (χ0v) is 10.4. The minimum absolute atomic E-state index is 0.0552. The molecular weight excluding hydrogens is 220 g/mol. The number of hydrogen-bond acceptors (Lipinski definition) is 2. The molecule has 0 aromatic heterocycles. The van der Waals surface area contributed by atoms with E-state index in [0.717, 1.165) is 11.1 Å². The van der Waals surface area contributed by atoms with Gasteiger partial charge in [-0.3, -0.25) is 0 Å². The Morgan fingerprint density at radius 2 is 1.88 bits per heavy atom. The molecule has 0 heterocycles. The van der Waals surface area contributed by atoms with E-state index < -0.39 is 0 Å². The van der Waals surface area contributed by atoms with Crippen molar-refractivity contribution in [3.8, 4) is 12.1 Å². The molecule has 0 atom stereocenters. The van der Waals surface area contributed by atoms with Crippen molar-refractivity contribution >= 4 is 11.6 Å². The molecule has 1 aromatic carbocycles. The maximum Gasteiger partial charge on any atom is 0.101 e. The van der Waals surface area contributed by atoms with Crippen LogP contribution in [0.25, 0.3) is 0 Å². The largest absolute Gasteiger partial charge is 0.198 e. The van der Waals surface area contributed by atoms with Crippen LogP contribution < -0.4 is 0 Å². The van der Waals surface area contributed by atoms with Gasteiger partial charge in [0.2, 0.25) is 0 Å². The molecule has 1 aromatic rings. The zero-order chi connectivity index (χ0) is 12.3. The van der Waals surface area contributed by atoms with Crippen LogP contribution in [0.15, 0.2) is 12.1 Å². The quantitative estimate of drug-likeness (QED) is 0.743. The maximum absolute atomic E-state index is 8.98. The summed E-state index contributed by atoms with van der Waals surface area (Å²) in [5, 5.41) is 18.1. The lowest BCUT2D eigenvalue weighted by molar-refractivity contribution is 0.589. The Hall–Kier alpha value is -1.51. The van der Waals surface area contributed by atoms with E-state index in [2.05, 4.69) is 32.9 Å². The summed E-state index contributed by atoms with van der Waals surface area (Å²) in [5.74, 6) is 0. The molecule has 0 aliphatic rings. The standard InChI is InChI=1S/C13H13ClN2/c1-13(2,3)11-6-9(4-5-15)12(14)10(7-11)8-16/h6-7H,4H2,1-3H3. The molecule has 1 rings (SSSR count). The van der Waals surface area contributed by atoms with E-state index in [9.17, 15) is 0 Å². The predicted octanol–water partition coefficient (Wildman–Crippen LogP) is 3.58. The third kappa shape index (κ3) is 2.54. The van der Waals surface area contributed by atoms with Crippen molar-refractivity contribution in [2.75, 3.05) is 0 Å². The third-order valence-electron chi connectivity index (χ3n) is 2.40. The van der Waals surface area contributed by atoms with Crippen LogP contribution in [0.1, 0.15) is 37.5 Å². The normalized spacial score (nSPS) is 10.6. The zero-order valence-electron chi connectivity index (χ0n) is 9.63.